The highest BCUT2D eigenvalue weighted by Crippen LogP contribution is 2.37. The molecular formula is C22H18F3N5O2S. The van der Waals surface area contributed by atoms with Crippen LogP contribution < -0.4 is 10.1 Å². The fourth-order valence-corrected chi connectivity index (χ4v) is 3.22. The molecule has 2 aromatic rings. The van der Waals surface area contributed by atoms with E-state index in [2.05, 4.69) is 38.9 Å². The number of aromatic nitrogens is 2. The molecule has 170 valence electrons. The van der Waals surface area contributed by atoms with Crippen LogP contribution in [-0.2, 0) is 11.0 Å². The molecule has 1 fully saturated rings. The van der Waals surface area contributed by atoms with Crippen LogP contribution in [0, 0.1) is 23.2 Å². The minimum absolute atomic E-state index is 0.0229. The number of carbonyl (C=O) groups excluding carboxylic acids is 1. The number of allylic oxidation sites excluding steroid dienone is 1. The van der Waals surface area contributed by atoms with E-state index in [0.29, 0.717) is 10.9 Å². The third-order valence-electron chi connectivity index (χ3n) is 4.43. The molecule has 0 atom stereocenters. The second kappa shape index (κ2) is 10.2. The van der Waals surface area contributed by atoms with Crippen molar-refractivity contribution in [3.8, 4) is 17.6 Å². The van der Waals surface area contributed by atoms with Crippen molar-refractivity contribution < 1.29 is 22.7 Å². The van der Waals surface area contributed by atoms with E-state index in [1.165, 1.54) is 13.2 Å². The van der Waals surface area contributed by atoms with Crippen LogP contribution >= 0.6 is 11.3 Å². The summed E-state index contributed by atoms with van der Waals surface area (Å²) in [5, 5.41) is 17.9. The Balaban J connectivity index is 1.91. The van der Waals surface area contributed by atoms with E-state index in [1.54, 1.807) is 0 Å². The molecule has 3 rings (SSSR count). The number of rotatable bonds is 7. The van der Waals surface area contributed by atoms with Gasteiger partial charge in [0.05, 0.1) is 12.7 Å². The molecule has 1 saturated carbocycles. The molecule has 1 heterocycles. The fraction of sp³-hybridized carbons (Fsp3) is 0.227. The normalized spacial score (nSPS) is 13.9. The number of anilines is 1. The quantitative estimate of drug-likeness (QED) is 0.202. The average Bonchev–Trinajstić information content (AvgIpc) is 3.51. The van der Waals surface area contributed by atoms with Gasteiger partial charge in [0.1, 0.15) is 12.1 Å². The number of nitrogens with zero attached hydrogens (tertiary/aromatic N) is 3. The summed E-state index contributed by atoms with van der Waals surface area (Å²) in [4.78, 5) is 16.6. The first-order valence-electron chi connectivity index (χ1n) is 9.56. The van der Waals surface area contributed by atoms with Crippen molar-refractivity contribution in [3.05, 3.63) is 52.6 Å². The van der Waals surface area contributed by atoms with Crippen LogP contribution in [0.4, 0.5) is 18.3 Å². The molecule has 7 nitrogen and oxygen atoms in total. The summed E-state index contributed by atoms with van der Waals surface area (Å²) in [7, 11) is 1.30. The second-order valence-corrected chi connectivity index (χ2v) is 7.79. The third-order valence-corrected chi connectivity index (χ3v) is 5.18. The van der Waals surface area contributed by atoms with Gasteiger partial charge in [-0.15, -0.1) is 10.2 Å². The van der Waals surface area contributed by atoms with Gasteiger partial charge in [-0.3, -0.25) is 15.5 Å². The highest BCUT2D eigenvalue weighted by molar-refractivity contribution is 7.15. The van der Waals surface area contributed by atoms with Gasteiger partial charge in [-0.05, 0) is 48.6 Å². The van der Waals surface area contributed by atoms with Crippen molar-refractivity contribution in [1.29, 1.82) is 5.41 Å². The smallest absolute Gasteiger partial charge is 0.416 e. The Morgan fingerprint density at radius 3 is 2.79 bits per heavy atom. The van der Waals surface area contributed by atoms with E-state index in [4.69, 9.17) is 10.1 Å². The van der Waals surface area contributed by atoms with E-state index in [9.17, 15) is 18.0 Å². The highest BCUT2D eigenvalue weighted by atomic mass is 32.1. The monoisotopic (exact) mass is 473 g/mol. The molecule has 0 radical (unpaired) electrons. The van der Waals surface area contributed by atoms with Crippen molar-refractivity contribution in [2.75, 3.05) is 12.4 Å². The predicted molar refractivity (Wildman–Crippen MR) is 121 cm³/mol. The van der Waals surface area contributed by atoms with Crippen LogP contribution in [0.15, 0.2) is 41.4 Å². The number of hydrogen-bond donors (Lipinski definition) is 2. The van der Waals surface area contributed by atoms with Crippen LogP contribution in [0.2, 0.25) is 0 Å². The molecule has 0 bridgehead atoms. The van der Waals surface area contributed by atoms with Gasteiger partial charge in [0.2, 0.25) is 5.13 Å². The zero-order valence-electron chi connectivity index (χ0n) is 17.4. The summed E-state index contributed by atoms with van der Waals surface area (Å²) in [5.41, 5.74) is -1.08. The molecule has 1 aromatic carbocycles. The maximum absolute atomic E-state index is 13.2. The fourth-order valence-electron chi connectivity index (χ4n) is 2.62. The number of methoxy groups -OCH3 is 1. The van der Waals surface area contributed by atoms with Gasteiger partial charge in [-0.2, -0.15) is 13.2 Å². The molecule has 0 saturated heterocycles. The molecule has 0 unspecified atom stereocenters. The molecule has 0 aliphatic heterocycles. The molecule has 1 aliphatic rings. The first kappa shape index (κ1) is 23.9. The molecule has 0 spiro atoms. The maximum Gasteiger partial charge on any atom is 0.416 e. The molecule has 11 heteroatoms. The van der Waals surface area contributed by atoms with Crippen molar-refractivity contribution in [1.82, 2.24) is 10.2 Å². The predicted octanol–water partition coefficient (Wildman–Crippen LogP) is 4.58. The maximum atomic E-state index is 13.2. The third kappa shape index (κ3) is 6.36. The SMILES string of the molecule is C=C(/C(=C\C=NC=N)C(=O)Nc1nnc(C#CC2CC2)s1)c1cc(C(F)(F)F)ccc1OC. The number of aliphatic imine (C=N–C) groups is 1. The van der Waals surface area contributed by atoms with Crippen molar-refractivity contribution in [3.63, 3.8) is 0 Å². The summed E-state index contributed by atoms with van der Waals surface area (Å²) in [6.07, 6.45) is 0.649. The van der Waals surface area contributed by atoms with Gasteiger partial charge in [-0.25, -0.2) is 4.99 Å². The molecule has 1 aliphatic carbocycles. The van der Waals surface area contributed by atoms with E-state index in [1.807, 2.05) is 0 Å². The summed E-state index contributed by atoms with van der Waals surface area (Å²) < 4.78 is 44.9. The number of alkyl halides is 3. The lowest BCUT2D eigenvalue weighted by atomic mass is 9.95. The Bertz CT molecular complexity index is 1200. The lowest BCUT2D eigenvalue weighted by molar-refractivity contribution is -0.137. The van der Waals surface area contributed by atoms with Crippen LogP contribution in [0.5, 0.6) is 5.75 Å². The summed E-state index contributed by atoms with van der Waals surface area (Å²) in [6.45, 7) is 3.81. The number of hydrogen-bond acceptors (Lipinski definition) is 6. The number of nitrogens with one attached hydrogen (secondary N) is 2. The van der Waals surface area contributed by atoms with Crippen molar-refractivity contribution >= 4 is 40.5 Å². The lowest BCUT2D eigenvalue weighted by Crippen LogP contribution is -2.16. The van der Waals surface area contributed by atoms with Gasteiger partial charge in [0.25, 0.3) is 5.91 Å². The van der Waals surface area contributed by atoms with E-state index < -0.39 is 17.6 Å². The Labute approximate surface area is 191 Å². The van der Waals surface area contributed by atoms with Crippen LogP contribution in [0.25, 0.3) is 5.57 Å². The van der Waals surface area contributed by atoms with Gasteiger partial charge in [0, 0.05) is 23.3 Å². The van der Waals surface area contributed by atoms with Crippen LogP contribution in [-0.4, -0.2) is 35.8 Å². The largest absolute Gasteiger partial charge is 0.496 e. The first-order valence-corrected chi connectivity index (χ1v) is 10.4. The van der Waals surface area contributed by atoms with Gasteiger partial charge in [-0.1, -0.05) is 23.8 Å². The van der Waals surface area contributed by atoms with Crippen molar-refractivity contribution in [2.24, 2.45) is 10.9 Å². The van der Waals surface area contributed by atoms with Crippen LogP contribution in [0.1, 0.15) is 29.0 Å². The molecule has 33 heavy (non-hydrogen) atoms. The van der Waals surface area contributed by atoms with Gasteiger partial charge < -0.3 is 4.74 Å². The van der Waals surface area contributed by atoms with Crippen LogP contribution in [0.3, 0.4) is 0 Å². The zero-order valence-corrected chi connectivity index (χ0v) is 18.2. The Morgan fingerprint density at radius 2 is 2.15 bits per heavy atom. The van der Waals surface area contributed by atoms with E-state index in [0.717, 1.165) is 54.9 Å². The number of amides is 1. The number of ether oxygens (including phenoxy) is 1. The van der Waals surface area contributed by atoms with E-state index >= 15 is 0 Å². The summed E-state index contributed by atoms with van der Waals surface area (Å²) >= 11 is 1.07. The highest BCUT2D eigenvalue weighted by Gasteiger charge is 2.32. The number of halogens is 3. The second-order valence-electron chi connectivity index (χ2n) is 6.81. The Morgan fingerprint density at radius 1 is 1.39 bits per heavy atom. The summed E-state index contributed by atoms with van der Waals surface area (Å²) in [6, 6.07) is 2.88. The minimum atomic E-state index is -4.60. The standard InChI is InChI=1S/C22H18F3N5O2S/c1-13(17-11-15(22(23,24)25)6-7-18(17)32-2)16(9-10-27-12-26)20(31)28-21-30-29-19(33-21)8-5-14-3-4-14/h6-7,9-12,14,26H,1,3-4H2,2H3,(H,28,30,31)/b16-9+,26-12?,27-10?. The zero-order chi connectivity index (χ0) is 24.0. The van der Waals surface area contributed by atoms with Gasteiger partial charge in [0.15, 0.2) is 5.01 Å². The molecule has 1 aromatic heterocycles. The molecule has 2 N–H and O–H groups in total. The summed E-state index contributed by atoms with van der Waals surface area (Å²) in [5.74, 6) is 5.72. The Hall–Kier alpha value is -3.78. The lowest BCUT2D eigenvalue weighted by Gasteiger charge is -2.16. The van der Waals surface area contributed by atoms with Gasteiger partial charge >= 0.3 is 6.18 Å². The first-order chi connectivity index (χ1) is 15.7. The average molecular weight is 473 g/mol. The topological polar surface area (TPSA) is 100 Å². The van der Waals surface area contributed by atoms with E-state index in [-0.39, 0.29) is 27.6 Å². The number of benzene rings is 1. The Kier molecular flexibility index (Phi) is 7.40. The number of carbonyl (C=O) groups is 1. The van der Waals surface area contributed by atoms with Crippen molar-refractivity contribution in [2.45, 2.75) is 19.0 Å². The molecule has 1 amide bonds. The minimum Gasteiger partial charge on any atom is -0.496 e. The molecular weight excluding hydrogens is 455 g/mol.